The molecule has 170 valence electrons. The van der Waals surface area contributed by atoms with E-state index < -0.39 is 11.4 Å². The summed E-state index contributed by atoms with van der Waals surface area (Å²) in [6.45, 7) is 6.92. The number of nitrogens with zero attached hydrogens (tertiary/aromatic N) is 1. The summed E-state index contributed by atoms with van der Waals surface area (Å²) in [6.07, 6.45) is 6.43. The second kappa shape index (κ2) is 9.33. The first-order valence-corrected chi connectivity index (χ1v) is 11.6. The van der Waals surface area contributed by atoms with Crippen molar-refractivity contribution in [2.24, 2.45) is 11.3 Å². The van der Waals surface area contributed by atoms with E-state index in [2.05, 4.69) is 32.9 Å². The van der Waals surface area contributed by atoms with E-state index in [-0.39, 0.29) is 36.8 Å². The van der Waals surface area contributed by atoms with Crippen molar-refractivity contribution in [2.75, 3.05) is 13.2 Å². The first-order chi connectivity index (χ1) is 14.6. The number of hydrogen-bond donors (Lipinski definition) is 2. The number of allylic oxidation sites excluding steroid dienone is 1. The molecule has 2 N–H and O–H groups in total. The molecule has 1 saturated carbocycles. The van der Waals surface area contributed by atoms with Crippen LogP contribution in [0.25, 0.3) is 0 Å². The Labute approximate surface area is 190 Å². The lowest BCUT2D eigenvalue weighted by molar-refractivity contribution is -0.138. The summed E-state index contributed by atoms with van der Waals surface area (Å²) in [5.74, 6) is -0.786. The first kappa shape index (κ1) is 23.8. The lowest BCUT2D eigenvalue weighted by atomic mass is 9.70. The Morgan fingerprint density at radius 1 is 1.32 bits per heavy atom. The maximum absolute atomic E-state index is 13.0. The number of carboxylic acids is 1. The first-order valence-electron chi connectivity index (χ1n) is 11.2. The summed E-state index contributed by atoms with van der Waals surface area (Å²) in [4.78, 5) is 25.5. The van der Waals surface area contributed by atoms with Gasteiger partial charge in [-0.05, 0) is 66.2 Å². The zero-order valence-corrected chi connectivity index (χ0v) is 19.5. The smallest absolute Gasteiger partial charge is 0.305 e. The third-order valence-corrected chi connectivity index (χ3v) is 7.13. The van der Waals surface area contributed by atoms with Gasteiger partial charge in [0.2, 0.25) is 5.91 Å². The second-order valence-corrected chi connectivity index (χ2v) is 10.6. The predicted octanol–water partition coefficient (Wildman–Crippen LogP) is 4.94. The van der Waals surface area contributed by atoms with Gasteiger partial charge in [-0.15, -0.1) is 0 Å². The SMILES string of the molecule is CC(C)(C)CCc1ccc(C23CCC(CCO)C2=CN(CCC(=O)O)C(=O)C3)cc1Cl. The Kier molecular flexibility index (Phi) is 7.17. The van der Waals surface area contributed by atoms with E-state index >= 15 is 0 Å². The van der Waals surface area contributed by atoms with E-state index in [0.29, 0.717) is 12.8 Å². The molecule has 1 heterocycles. The fourth-order valence-corrected chi connectivity index (χ4v) is 5.24. The molecular weight excluding hydrogens is 414 g/mol. The Morgan fingerprint density at radius 2 is 2.06 bits per heavy atom. The number of aliphatic hydroxyl groups excluding tert-OH is 1. The van der Waals surface area contributed by atoms with Gasteiger partial charge in [-0.1, -0.05) is 44.5 Å². The van der Waals surface area contributed by atoms with Crippen LogP contribution in [0.15, 0.2) is 30.0 Å². The number of aliphatic hydroxyl groups is 1. The minimum Gasteiger partial charge on any atom is -0.481 e. The Morgan fingerprint density at radius 3 is 2.68 bits per heavy atom. The molecule has 5 nitrogen and oxygen atoms in total. The van der Waals surface area contributed by atoms with Gasteiger partial charge in [0.15, 0.2) is 0 Å². The van der Waals surface area contributed by atoms with Crippen LogP contribution in [0, 0.1) is 11.3 Å². The average Bonchev–Trinajstić information content (AvgIpc) is 3.03. The normalized spacial score (nSPS) is 23.6. The topological polar surface area (TPSA) is 77.8 Å². The van der Waals surface area contributed by atoms with Gasteiger partial charge in [-0.2, -0.15) is 0 Å². The van der Waals surface area contributed by atoms with Crippen LogP contribution in [0.5, 0.6) is 0 Å². The van der Waals surface area contributed by atoms with Gasteiger partial charge in [0.1, 0.15) is 0 Å². The number of halogens is 1. The largest absolute Gasteiger partial charge is 0.481 e. The van der Waals surface area contributed by atoms with Crippen molar-refractivity contribution < 1.29 is 19.8 Å². The number of benzene rings is 1. The van der Waals surface area contributed by atoms with Gasteiger partial charge < -0.3 is 15.1 Å². The summed E-state index contributed by atoms with van der Waals surface area (Å²) >= 11 is 6.69. The van der Waals surface area contributed by atoms with E-state index in [1.807, 2.05) is 12.3 Å². The number of rotatable bonds is 8. The molecule has 6 heteroatoms. The van der Waals surface area contributed by atoms with Crippen molar-refractivity contribution in [2.45, 2.75) is 71.1 Å². The molecule has 2 aliphatic rings. The van der Waals surface area contributed by atoms with Gasteiger partial charge in [0.25, 0.3) is 0 Å². The molecule has 0 radical (unpaired) electrons. The average molecular weight is 448 g/mol. The molecule has 2 atom stereocenters. The van der Waals surface area contributed by atoms with Gasteiger partial charge in [0.05, 0.1) is 6.42 Å². The number of aryl methyl sites for hydroxylation is 1. The summed E-state index contributed by atoms with van der Waals surface area (Å²) in [6, 6.07) is 6.23. The van der Waals surface area contributed by atoms with Gasteiger partial charge in [-0.3, -0.25) is 9.59 Å². The van der Waals surface area contributed by atoms with E-state index in [1.165, 1.54) is 0 Å². The van der Waals surface area contributed by atoms with Crippen LogP contribution in [0.4, 0.5) is 0 Å². The van der Waals surface area contributed by atoms with E-state index in [1.54, 1.807) is 4.90 Å². The van der Waals surface area contributed by atoms with Crippen molar-refractivity contribution in [3.63, 3.8) is 0 Å². The minimum absolute atomic E-state index is 0.0532. The zero-order chi connectivity index (χ0) is 22.8. The number of fused-ring (bicyclic) bond motifs is 1. The zero-order valence-electron chi connectivity index (χ0n) is 18.8. The standard InChI is InChI=1S/C25H34ClNO4/c1-24(2,3)10-6-18-4-5-19(14-21(18)26)25-11-7-17(9-13-28)20(25)16-27(22(29)15-25)12-8-23(30)31/h4-5,14,16-17,28H,6-13,15H2,1-3H3,(H,30,31). The molecule has 1 amide bonds. The number of hydrogen-bond acceptors (Lipinski definition) is 3. The molecule has 1 aromatic carbocycles. The molecular formula is C25H34ClNO4. The summed E-state index contributed by atoms with van der Waals surface area (Å²) in [5.41, 5.74) is 3.12. The molecule has 0 bridgehead atoms. The van der Waals surface area contributed by atoms with Crippen LogP contribution in [0.1, 0.15) is 70.4 Å². The van der Waals surface area contributed by atoms with Crippen molar-refractivity contribution in [3.05, 3.63) is 46.1 Å². The summed E-state index contributed by atoms with van der Waals surface area (Å²) < 4.78 is 0. The molecule has 31 heavy (non-hydrogen) atoms. The lowest BCUT2D eigenvalue weighted by Crippen LogP contribution is -2.42. The van der Waals surface area contributed by atoms with E-state index in [0.717, 1.165) is 47.4 Å². The van der Waals surface area contributed by atoms with E-state index in [9.17, 15) is 14.7 Å². The van der Waals surface area contributed by atoms with Crippen LogP contribution >= 0.6 is 11.6 Å². The van der Waals surface area contributed by atoms with Crippen molar-refractivity contribution in [1.82, 2.24) is 4.90 Å². The molecule has 1 aromatic rings. The van der Waals surface area contributed by atoms with Crippen molar-refractivity contribution >= 4 is 23.5 Å². The number of carbonyl (C=O) groups excluding carboxylic acids is 1. The predicted molar refractivity (Wildman–Crippen MR) is 122 cm³/mol. The molecule has 1 fully saturated rings. The highest BCUT2D eigenvalue weighted by atomic mass is 35.5. The van der Waals surface area contributed by atoms with Gasteiger partial charge in [-0.25, -0.2) is 0 Å². The highest BCUT2D eigenvalue weighted by Crippen LogP contribution is 2.54. The van der Waals surface area contributed by atoms with Crippen LogP contribution in [-0.2, 0) is 21.4 Å². The number of amides is 1. The highest BCUT2D eigenvalue weighted by Gasteiger charge is 2.49. The van der Waals surface area contributed by atoms with Crippen LogP contribution in [0.2, 0.25) is 5.02 Å². The summed E-state index contributed by atoms with van der Waals surface area (Å²) in [7, 11) is 0. The number of carboxylic acid groups (broad SMARTS) is 1. The third-order valence-electron chi connectivity index (χ3n) is 6.77. The van der Waals surface area contributed by atoms with Gasteiger partial charge >= 0.3 is 5.97 Å². The molecule has 3 rings (SSSR count). The fraction of sp³-hybridized carbons (Fsp3) is 0.600. The number of carbonyl (C=O) groups is 2. The van der Waals surface area contributed by atoms with Crippen molar-refractivity contribution in [3.8, 4) is 0 Å². The fourth-order valence-electron chi connectivity index (χ4n) is 4.96. The molecule has 0 aromatic heterocycles. The monoisotopic (exact) mass is 447 g/mol. The maximum atomic E-state index is 13.0. The summed E-state index contributed by atoms with van der Waals surface area (Å²) in [5, 5.41) is 19.3. The van der Waals surface area contributed by atoms with Crippen LogP contribution < -0.4 is 0 Å². The lowest BCUT2D eigenvalue weighted by Gasteiger charge is -2.39. The molecule has 1 aliphatic carbocycles. The number of aliphatic carboxylic acids is 1. The minimum atomic E-state index is -0.918. The Hall–Kier alpha value is -1.85. The third kappa shape index (κ3) is 5.32. The van der Waals surface area contributed by atoms with E-state index in [4.69, 9.17) is 16.7 Å². The van der Waals surface area contributed by atoms with Crippen molar-refractivity contribution in [1.29, 1.82) is 0 Å². The van der Waals surface area contributed by atoms with Gasteiger partial charge in [0, 0.05) is 36.2 Å². The molecule has 1 aliphatic heterocycles. The molecule has 2 unspecified atom stereocenters. The van der Waals surface area contributed by atoms with Crippen LogP contribution in [-0.4, -0.2) is 40.1 Å². The molecule has 0 saturated heterocycles. The Bertz CT molecular complexity index is 873. The second-order valence-electron chi connectivity index (χ2n) is 10.2. The quantitative estimate of drug-likeness (QED) is 0.591. The van der Waals surface area contributed by atoms with Crippen LogP contribution in [0.3, 0.4) is 0 Å². The Balaban J connectivity index is 1.94. The maximum Gasteiger partial charge on any atom is 0.305 e. The molecule has 0 spiro atoms. The highest BCUT2D eigenvalue weighted by molar-refractivity contribution is 6.31.